The van der Waals surface area contributed by atoms with Crippen LogP contribution in [0.2, 0.25) is 0 Å². The highest BCUT2D eigenvalue weighted by atomic mass is 32.2. The minimum Gasteiger partial charge on any atom is -0.497 e. The highest BCUT2D eigenvalue weighted by molar-refractivity contribution is 7.89. The maximum absolute atomic E-state index is 12.3. The molecule has 0 bridgehead atoms. The predicted molar refractivity (Wildman–Crippen MR) is 90.3 cm³/mol. The third-order valence-corrected chi connectivity index (χ3v) is 4.56. The van der Waals surface area contributed by atoms with Crippen LogP contribution in [0.3, 0.4) is 0 Å². The standard InChI is InChI=1S/C16H18N2O6S/c1-22-12-6-4-11(5-7-12)16(19)17-18-25(20,21)13-8-9-14(23-2)15(10-13)24-3/h4-10,18H,1-3H3,(H,17,19). The van der Waals surface area contributed by atoms with E-state index in [2.05, 4.69) is 5.43 Å². The first-order chi connectivity index (χ1) is 11.9. The number of hydrogen-bond donors (Lipinski definition) is 2. The van der Waals surface area contributed by atoms with Gasteiger partial charge >= 0.3 is 0 Å². The molecule has 0 aliphatic heterocycles. The van der Waals surface area contributed by atoms with Crippen LogP contribution in [0.4, 0.5) is 0 Å². The summed E-state index contributed by atoms with van der Waals surface area (Å²) in [6, 6.07) is 10.3. The predicted octanol–water partition coefficient (Wildman–Crippen LogP) is 1.34. The Morgan fingerprint density at radius 2 is 1.52 bits per heavy atom. The molecule has 0 aromatic heterocycles. The lowest BCUT2D eigenvalue weighted by molar-refractivity contribution is 0.0945. The van der Waals surface area contributed by atoms with E-state index < -0.39 is 15.9 Å². The van der Waals surface area contributed by atoms with E-state index in [1.807, 2.05) is 4.83 Å². The molecule has 0 spiro atoms. The average Bonchev–Trinajstić information content (AvgIpc) is 2.65. The third kappa shape index (κ3) is 4.40. The molecule has 0 aliphatic carbocycles. The lowest BCUT2D eigenvalue weighted by Crippen LogP contribution is -2.41. The van der Waals surface area contributed by atoms with Gasteiger partial charge in [0.2, 0.25) is 0 Å². The third-order valence-electron chi connectivity index (χ3n) is 3.32. The van der Waals surface area contributed by atoms with Crippen molar-refractivity contribution in [3.05, 3.63) is 48.0 Å². The van der Waals surface area contributed by atoms with E-state index in [4.69, 9.17) is 14.2 Å². The van der Waals surface area contributed by atoms with E-state index >= 15 is 0 Å². The Labute approximate surface area is 145 Å². The van der Waals surface area contributed by atoms with Crippen molar-refractivity contribution >= 4 is 15.9 Å². The summed E-state index contributed by atoms with van der Waals surface area (Å²) >= 11 is 0. The SMILES string of the molecule is COc1ccc(C(=O)NNS(=O)(=O)c2ccc(OC)c(OC)c2)cc1. The molecule has 0 heterocycles. The summed E-state index contributed by atoms with van der Waals surface area (Å²) in [4.78, 5) is 14.0. The first-order valence-corrected chi connectivity index (χ1v) is 8.58. The van der Waals surface area contributed by atoms with Gasteiger partial charge in [-0.15, -0.1) is 4.83 Å². The molecular weight excluding hydrogens is 348 g/mol. The number of carbonyl (C=O) groups excluding carboxylic acids is 1. The van der Waals surface area contributed by atoms with Crippen molar-refractivity contribution in [1.29, 1.82) is 0 Å². The molecular formula is C16H18N2O6S. The maximum Gasteiger partial charge on any atom is 0.266 e. The summed E-state index contributed by atoms with van der Waals surface area (Å²) < 4.78 is 39.7. The van der Waals surface area contributed by atoms with Crippen molar-refractivity contribution in [3.63, 3.8) is 0 Å². The second-order valence-corrected chi connectivity index (χ2v) is 6.49. The van der Waals surface area contributed by atoms with E-state index in [-0.39, 0.29) is 16.2 Å². The van der Waals surface area contributed by atoms with Crippen LogP contribution in [0.25, 0.3) is 0 Å². The molecule has 0 atom stereocenters. The number of hydrogen-bond acceptors (Lipinski definition) is 6. The molecule has 0 fully saturated rings. The number of sulfonamides is 1. The van der Waals surface area contributed by atoms with Crippen molar-refractivity contribution in [2.45, 2.75) is 4.90 Å². The van der Waals surface area contributed by atoms with Crippen molar-refractivity contribution in [3.8, 4) is 17.2 Å². The number of benzene rings is 2. The zero-order valence-corrected chi connectivity index (χ0v) is 14.7. The summed E-state index contributed by atoms with van der Waals surface area (Å²) in [6.45, 7) is 0. The van der Waals surface area contributed by atoms with Gasteiger partial charge in [0.15, 0.2) is 11.5 Å². The Morgan fingerprint density at radius 3 is 2.08 bits per heavy atom. The normalized spacial score (nSPS) is 10.8. The van der Waals surface area contributed by atoms with Gasteiger partial charge in [-0.2, -0.15) is 0 Å². The number of ether oxygens (including phenoxy) is 3. The fraction of sp³-hybridized carbons (Fsp3) is 0.188. The van der Waals surface area contributed by atoms with Gasteiger partial charge in [-0.1, -0.05) is 0 Å². The van der Waals surface area contributed by atoms with Gasteiger partial charge < -0.3 is 14.2 Å². The molecule has 2 aromatic carbocycles. The Morgan fingerprint density at radius 1 is 0.880 bits per heavy atom. The molecule has 1 amide bonds. The molecule has 0 saturated heterocycles. The van der Waals surface area contributed by atoms with Crippen LogP contribution >= 0.6 is 0 Å². The lowest BCUT2D eigenvalue weighted by atomic mass is 10.2. The second kappa shape index (κ2) is 7.86. The Kier molecular flexibility index (Phi) is 5.84. The molecule has 25 heavy (non-hydrogen) atoms. The minimum absolute atomic E-state index is 0.0832. The molecule has 2 aromatic rings. The summed E-state index contributed by atoms with van der Waals surface area (Å²) in [5, 5.41) is 0. The second-order valence-electron chi connectivity index (χ2n) is 4.80. The van der Waals surface area contributed by atoms with Crippen LogP contribution in [0.5, 0.6) is 17.2 Å². The van der Waals surface area contributed by atoms with Gasteiger partial charge in [-0.3, -0.25) is 10.2 Å². The van der Waals surface area contributed by atoms with E-state index in [1.165, 1.54) is 51.7 Å². The summed E-state index contributed by atoms with van der Waals surface area (Å²) in [5.41, 5.74) is 2.43. The van der Waals surface area contributed by atoms with Gasteiger partial charge in [0.1, 0.15) is 5.75 Å². The highest BCUT2D eigenvalue weighted by Gasteiger charge is 2.18. The van der Waals surface area contributed by atoms with Crippen molar-refractivity contribution in [2.24, 2.45) is 0 Å². The van der Waals surface area contributed by atoms with Crippen LogP contribution in [0, 0.1) is 0 Å². The zero-order valence-electron chi connectivity index (χ0n) is 13.9. The Balaban J connectivity index is 2.11. The van der Waals surface area contributed by atoms with E-state index in [0.29, 0.717) is 11.5 Å². The van der Waals surface area contributed by atoms with E-state index in [9.17, 15) is 13.2 Å². The summed E-state index contributed by atoms with van der Waals surface area (Å²) in [7, 11) is 0.370. The quantitative estimate of drug-likeness (QED) is 0.717. The number of nitrogens with one attached hydrogen (secondary N) is 2. The molecule has 0 radical (unpaired) electrons. The number of methoxy groups -OCH3 is 3. The molecule has 0 unspecified atom stereocenters. The van der Waals surface area contributed by atoms with Crippen molar-refractivity contribution in [2.75, 3.05) is 21.3 Å². The number of rotatable bonds is 7. The molecule has 0 saturated carbocycles. The molecule has 134 valence electrons. The van der Waals surface area contributed by atoms with E-state index in [1.54, 1.807) is 12.1 Å². The maximum atomic E-state index is 12.3. The summed E-state index contributed by atoms with van der Waals surface area (Å²) in [5.74, 6) is 0.629. The lowest BCUT2D eigenvalue weighted by Gasteiger charge is -2.11. The first kappa shape index (κ1) is 18.6. The van der Waals surface area contributed by atoms with Crippen LogP contribution in [-0.4, -0.2) is 35.7 Å². The Hall–Kier alpha value is -2.78. The molecule has 0 aliphatic rings. The fourth-order valence-corrected chi connectivity index (χ4v) is 2.83. The molecule has 8 nitrogen and oxygen atoms in total. The number of amides is 1. The van der Waals surface area contributed by atoms with Gasteiger partial charge in [0, 0.05) is 11.6 Å². The average molecular weight is 366 g/mol. The zero-order chi connectivity index (χ0) is 18.4. The molecule has 9 heteroatoms. The smallest absolute Gasteiger partial charge is 0.266 e. The van der Waals surface area contributed by atoms with Crippen molar-refractivity contribution < 1.29 is 27.4 Å². The Bertz CT molecular complexity index is 849. The monoisotopic (exact) mass is 366 g/mol. The van der Waals surface area contributed by atoms with Gasteiger partial charge in [0.05, 0.1) is 26.2 Å². The van der Waals surface area contributed by atoms with E-state index in [0.717, 1.165) is 0 Å². The summed E-state index contributed by atoms with van der Waals surface area (Å²) in [6.07, 6.45) is 0. The van der Waals surface area contributed by atoms with Gasteiger partial charge in [0.25, 0.3) is 15.9 Å². The van der Waals surface area contributed by atoms with Gasteiger partial charge in [-0.05, 0) is 36.4 Å². The van der Waals surface area contributed by atoms with Crippen LogP contribution in [0.15, 0.2) is 47.4 Å². The van der Waals surface area contributed by atoms with Crippen molar-refractivity contribution in [1.82, 2.24) is 10.3 Å². The molecule has 2 N–H and O–H groups in total. The first-order valence-electron chi connectivity index (χ1n) is 7.09. The minimum atomic E-state index is -3.98. The van der Waals surface area contributed by atoms with Crippen LogP contribution in [-0.2, 0) is 10.0 Å². The topological polar surface area (TPSA) is 103 Å². The fourth-order valence-electron chi connectivity index (χ4n) is 1.97. The number of carbonyl (C=O) groups is 1. The van der Waals surface area contributed by atoms with Gasteiger partial charge in [-0.25, -0.2) is 8.42 Å². The highest BCUT2D eigenvalue weighted by Crippen LogP contribution is 2.29. The van der Waals surface area contributed by atoms with Crippen LogP contribution < -0.4 is 24.5 Å². The number of hydrazine groups is 1. The largest absolute Gasteiger partial charge is 0.497 e. The molecule has 2 rings (SSSR count). The van der Waals surface area contributed by atoms with Crippen LogP contribution in [0.1, 0.15) is 10.4 Å².